The van der Waals surface area contributed by atoms with E-state index >= 15 is 0 Å². The van der Waals surface area contributed by atoms with Gasteiger partial charge in [-0.1, -0.05) is 27.7 Å². The van der Waals surface area contributed by atoms with Gasteiger partial charge in [0, 0.05) is 26.2 Å². The van der Waals surface area contributed by atoms with Gasteiger partial charge in [0.25, 0.3) is 0 Å². The molecule has 0 fully saturated rings. The molecule has 0 aliphatic carbocycles. The first-order valence-electron chi connectivity index (χ1n) is 6.30. The molecule has 16 heavy (non-hydrogen) atoms. The Morgan fingerprint density at radius 2 is 1.94 bits per heavy atom. The number of nitrogens with zero attached hydrogens (tertiary/aromatic N) is 1. The Kier molecular flexibility index (Phi) is 7.98. The van der Waals surface area contributed by atoms with Crippen LogP contribution in [0.3, 0.4) is 0 Å². The molecule has 1 unspecified atom stereocenters. The van der Waals surface area contributed by atoms with Crippen molar-refractivity contribution in [3.8, 4) is 0 Å². The number of methoxy groups -OCH3 is 1. The zero-order chi connectivity index (χ0) is 12.6. The monoisotopic (exact) mass is 230 g/mol. The smallest absolute Gasteiger partial charge is 0.0630 e. The molecule has 0 saturated carbocycles. The maximum Gasteiger partial charge on any atom is 0.0630 e. The van der Waals surface area contributed by atoms with Crippen LogP contribution in [0.4, 0.5) is 0 Å². The van der Waals surface area contributed by atoms with Gasteiger partial charge in [-0.2, -0.15) is 0 Å². The molecule has 3 heteroatoms. The summed E-state index contributed by atoms with van der Waals surface area (Å²) in [7, 11) is 3.96. The first kappa shape index (κ1) is 15.9. The standard InChI is InChI=1S/C13H30N2O/c1-7-8-14-9-12(10-16-6)15(5)11-13(2,3)4/h12,14H,7-11H2,1-6H3. The summed E-state index contributed by atoms with van der Waals surface area (Å²) in [6.45, 7) is 13.0. The zero-order valence-electron chi connectivity index (χ0n) is 12.0. The molecule has 0 aromatic rings. The van der Waals surface area contributed by atoms with E-state index < -0.39 is 0 Å². The van der Waals surface area contributed by atoms with Crippen LogP contribution >= 0.6 is 0 Å². The van der Waals surface area contributed by atoms with E-state index in [0.29, 0.717) is 11.5 Å². The summed E-state index contributed by atoms with van der Waals surface area (Å²) in [5, 5.41) is 3.46. The van der Waals surface area contributed by atoms with E-state index in [4.69, 9.17) is 4.74 Å². The van der Waals surface area contributed by atoms with Crippen molar-refractivity contribution in [3.63, 3.8) is 0 Å². The van der Waals surface area contributed by atoms with Crippen molar-refractivity contribution < 1.29 is 4.74 Å². The van der Waals surface area contributed by atoms with Gasteiger partial charge in [0.05, 0.1) is 6.61 Å². The van der Waals surface area contributed by atoms with E-state index in [9.17, 15) is 0 Å². The summed E-state index contributed by atoms with van der Waals surface area (Å²) in [4.78, 5) is 2.40. The Morgan fingerprint density at radius 1 is 1.31 bits per heavy atom. The maximum absolute atomic E-state index is 5.29. The summed E-state index contributed by atoms with van der Waals surface area (Å²) in [6, 6.07) is 0.468. The predicted octanol–water partition coefficient (Wildman–Crippen LogP) is 1.98. The SMILES string of the molecule is CCCNCC(COC)N(C)CC(C)(C)C. The van der Waals surface area contributed by atoms with E-state index in [1.54, 1.807) is 7.11 Å². The van der Waals surface area contributed by atoms with Crippen molar-refractivity contribution in [2.45, 2.75) is 40.2 Å². The second-order valence-electron chi connectivity index (χ2n) is 5.79. The highest BCUT2D eigenvalue weighted by atomic mass is 16.5. The fraction of sp³-hybridized carbons (Fsp3) is 1.00. The quantitative estimate of drug-likeness (QED) is 0.645. The third kappa shape index (κ3) is 8.08. The van der Waals surface area contributed by atoms with Gasteiger partial charge >= 0.3 is 0 Å². The highest BCUT2D eigenvalue weighted by molar-refractivity contribution is 4.75. The Balaban J connectivity index is 4.07. The molecule has 0 aromatic heterocycles. The Morgan fingerprint density at radius 3 is 2.38 bits per heavy atom. The van der Waals surface area contributed by atoms with Gasteiger partial charge in [-0.3, -0.25) is 4.90 Å². The molecule has 0 heterocycles. The van der Waals surface area contributed by atoms with Crippen molar-refractivity contribution >= 4 is 0 Å². The highest BCUT2D eigenvalue weighted by Crippen LogP contribution is 2.15. The average molecular weight is 230 g/mol. The van der Waals surface area contributed by atoms with Crippen LogP contribution < -0.4 is 5.32 Å². The summed E-state index contributed by atoms with van der Waals surface area (Å²) < 4.78 is 5.29. The number of ether oxygens (including phenoxy) is 1. The minimum Gasteiger partial charge on any atom is -0.383 e. The molecule has 0 aromatic carbocycles. The summed E-state index contributed by atoms with van der Waals surface area (Å²) in [5.41, 5.74) is 0.339. The molecule has 0 spiro atoms. The summed E-state index contributed by atoms with van der Waals surface area (Å²) >= 11 is 0. The van der Waals surface area contributed by atoms with Crippen LogP contribution in [0.15, 0.2) is 0 Å². The van der Waals surface area contributed by atoms with E-state index in [0.717, 1.165) is 26.2 Å². The fourth-order valence-corrected chi connectivity index (χ4v) is 1.86. The molecule has 3 nitrogen and oxygen atoms in total. The minimum atomic E-state index is 0.339. The van der Waals surface area contributed by atoms with E-state index in [2.05, 4.69) is 45.0 Å². The number of hydrogen-bond donors (Lipinski definition) is 1. The van der Waals surface area contributed by atoms with E-state index in [-0.39, 0.29) is 0 Å². The van der Waals surface area contributed by atoms with Crippen LogP contribution in [0, 0.1) is 5.41 Å². The van der Waals surface area contributed by atoms with Gasteiger partial charge in [-0.15, -0.1) is 0 Å². The van der Waals surface area contributed by atoms with Gasteiger partial charge in [0.1, 0.15) is 0 Å². The Hall–Kier alpha value is -0.120. The molecule has 1 atom stereocenters. The summed E-state index contributed by atoms with van der Waals surface area (Å²) in [5.74, 6) is 0. The first-order valence-corrected chi connectivity index (χ1v) is 6.30. The Labute approximate surface area is 102 Å². The van der Waals surface area contributed by atoms with Crippen molar-refractivity contribution in [1.29, 1.82) is 0 Å². The molecule has 0 rings (SSSR count). The minimum absolute atomic E-state index is 0.339. The van der Waals surface area contributed by atoms with Gasteiger partial charge in [-0.05, 0) is 25.4 Å². The van der Waals surface area contributed by atoms with Crippen molar-refractivity contribution in [3.05, 3.63) is 0 Å². The van der Waals surface area contributed by atoms with Crippen molar-refractivity contribution in [1.82, 2.24) is 10.2 Å². The highest BCUT2D eigenvalue weighted by Gasteiger charge is 2.20. The van der Waals surface area contributed by atoms with Crippen LogP contribution in [-0.4, -0.2) is 51.3 Å². The molecule has 0 aliphatic heterocycles. The van der Waals surface area contributed by atoms with E-state index in [1.807, 2.05) is 0 Å². The van der Waals surface area contributed by atoms with Crippen molar-refractivity contribution in [2.75, 3.05) is 40.4 Å². The molecule has 1 N–H and O–H groups in total. The molecule has 98 valence electrons. The number of nitrogens with one attached hydrogen (secondary N) is 1. The lowest BCUT2D eigenvalue weighted by Gasteiger charge is -2.33. The number of rotatable bonds is 8. The second kappa shape index (κ2) is 8.04. The topological polar surface area (TPSA) is 24.5 Å². The van der Waals surface area contributed by atoms with Gasteiger partial charge < -0.3 is 10.1 Å². The summed E-state index contributed by atoms with van der Waals surface area (Å²) in [6.07, 6.45) is 1.18. The second-order valence-corrected chi connectivity index (χ2v) is 5.79. The molecular weight excluding hydrogens is 200 g/mol. The number of hydrogen-bond acceptors (Lipinski definition) is 3. The molecular formula is C13H30N2O. The molecule has 0 amide bonds. The molecule has 0 saturated heterocycles. The first-order chi connectivity index (χ1) is 7.40. The molecule has 0 radical (unpaired) electrons. The Bertz CT molecular complexity index is 166. The fourth-order valence-electron chi connectivity index (χ4n) is 1.86. The lowest BCUT2D eigenvalue weighted by molar-refractivity contribution is 0.0850. The predicted molar refractivity (Wildman–Crippen MR) is 70.9 cm³/mol. The van der Waals surface area contributed by atoms with Crippen LogP contribution in [0.25, 0.3) is 0 Å². The maximum atomic E-state index is 5.29. The van der Waals surface area contributed by atoms with Gasteiger partial charge in [0.15, 0.2) is 0 Å². The van der Waals surface area contributed by atoms with E-state index in [1.165, 1.54) is 6.42 Å². The van der Waals surface area contributed by atoms with Crippen molar-refractivity contribution in [2.24, 2.45) is 5.41 Å². The molecule has 0 bridgehead atoms. The lowest BCUT2D eigenvalue weighted by atomic mass is 9.95. The zero-order valence-corrected chi connectivity index (χ0v) is 12.0. The third-order valence-corrected chi connectivity index (χ3v) is 2.51. The van der Waals surface area contributed by atoms with Crippen LogP contribution in [0.1, 0.15) is 34.1 Å². The van der Waals surface area contributed by atoms with Crippen LogP contribution in [-0.2, 0) is 4.74 Å². The normalized spacial score (nSPS) is 14.4. The number of likely N-dealkylation sites (N-methyl/N-ethyl adjacent to an activating group) is 1. The lowest BCUT2D eigenvalue weighted by Crippen LogP contribution is -2.46. The largest absolute Gasteiger partial charge is 0.383 e. The van der Waals surface area contributed by atoms with Gasteiger partial charge in [-0.25, -0.2) is 0 Å². The molecule has 0 aliphatic rings. The average Bonchev–Trinajstić information content (AvgIpc) is 2.14. The van der Waals surface area contributed by atoms with Crippen LogP contribution in [0.5, 0.6) is 0 Å². The third-order valence-electron chi connectivity index (χ3n) is 2.51. The van der Waals surface area contributed by atoms with Crippen LogP contribution in [0.2, 0.25) is 0 Å². The van der Waals surface area contributed by atoms with Gasteiger partial charge in [0.2, 0.25) is 0 Å².